The highest BCUT2D eigenvalue weighted by atomic mass is 32.2. The van der Waals surface area contributed by atoms with Crippen molar-refractivity contribution in [2.45, 2.75) is 17.8 Å². The largest absolute Gasteiger partial charge is 0.363 e. The number of aromatic nitrogens is 2. The monoisotopic (exact) mass is 265 g/mol. The molecule has 0 aliphatic carbocycles. The number of amides is 1. The number of carbonyl (C=O) groups excluding carboxylic acids is 1. The van der Waals surface area contributed by atoms with Crippen molar-refractivity contribution in [2.24, 2.45) is 0 Å². The fourth-order valence-electron chi connectivity index (χ4n) is 2.41. The summed E-state index contributed by atoms with van der Waals surface area (Å²) in [5, 5.41) is 0. The zero-order valence-corrected chi connectivity index (χ0v) is 10.9. The molecule has 5 nitrogen and oxygen atoms in total. The second-order valence-electron chi connectivity index (χ2n) is 4.49. The van der Waals surface area contributed by atoms with Gasteiger partial charge in [-0.25, -0.2) is 4.98 Å². The summed E-state index contributed by atoms with van der Waals surface area (Å²) in [6, 6.07) is 0. The molecule has 0 saturated carbocycles. The predicted molar refractivity (Wildman–Crippen MR) is 68.3 cm³/mol. The van der Waals surface area contributed by atoms with Crippen molar-refractivity contribution in [3.05, 3.63) is 24.3 Å². The maximum Gasteiger partial charge on any atom is 0.274 e. The van der Waals surface area contributed by atoms with Gasteiger partial charge in [0.2, 0.25) is 0 Å². The summed E-state index contributed by atoms with van der Waals surface area (Å²) in [6.07, 6.45) is 6.46. The molecule has 18 heavy (non-hydrogen) atoms. The van der Waals surface area contributed by atoms with E-state index in [1.165, 1.54) is 6.20 Å². The summed E-state index contributed by atoms with van der Waals surface area (Å²) < 4.78 is 5.81. The van der Waals surface area contributed by atoms with Gasteiger partial charge in [-0.05, 0) is 0 Å². The van der Waals surface area contributed by atoms with Crippen LogP contribution in [0.15, 0.2) is 18.6 Å². The second-order valence-corrected chi connectivity index (χ2v) is 5.93. The van der Waals surface area contributed by atoms with Crippen LogP contribution in [0.1, 0.15) is 23.3 Å². The lowest BCUT2D eigenvalue weighted by molar-refractivity contribution is 0.00336. The van der Waals surface area contributed by atoms with Crippen LogP contribution in [0.4, 0.5) is 0 Å². The number of likely N-dealkylation sites (tertiary alicyclic amines) is 1. The van der Waals surface area contributed by atoms with Gasteiger partial charge in [-0.3, -0.25) is 9.78 Å². The number of thioether (sulfide) groups is 1. The highest BCUT2D eigenvalue weighted by Gasteiger charge is 2.40. The molecule has 0 atom stereocenters. The minimum Gasteiger partial charge on any atom is -0.363 e. The van der Waals surface area contributed by atoms with E-state index in [0.717, 1.165) is 38.3 Å². The van der Waals surface area contributed by atoms with Crippen molar-refractivity contribution in [3.8, 4) is 0 Å². The van der Waals surface area contributed by atoms with Gasteiger partial charge in [0, 0.05) is 44.1 Å². The smallest absolute Gasteiger partial charge is 0.274 e. The molecule has 0 bridgehead atoms. The molecule has 1 amide bonds. The third-order valence-electron chi connectivity index (χ3n) is 3.41. The lowest BCUT2D eigenvalue weighted by Crippen LogP contribution is -2.45. The Bertz CT molecular complexity index is 424. The Morgan fingerprint density at radius 2 is 2.22 bits per heavy atom. The third kappa shape index (κ3) is 2.22. The summed E-state index contributed by atoms with van der Waals surface area (Å²) in [5.41, 5.74) is 0.424. The van der Waals surface area contributed by atoms with Crippen LogP contribution in [0.5, 0.6) is 0 Å². The van der Waals surface area contributed by atoms with E-state index >= 15 is 0 Å². The van der Waals surface area contributed by atoms with E-state index < -0.39 is 0 Å². The molecule has 3 rings (SSSR count). The lowest BCUT2D eigenvalue weighted by atomic mass is 10.1. The Labute approximate surface area is 110 Å². The average molecular weight is 265 g/mol. The summed E-state index contributed by atoms with van der Waals surface area (Å²) in [6.45, 7) is 2.31. The summed E-state index contributed by atoms with van der Waals surface area (Å²) >= 11 is 1.89. The van der Waals surface area contributed by atoms with E-state index in [0.29, 0.717) is 5.69 Å². The van der Waals surface area contributed by atoms with Crippen molar-refractivity contribution >= 4 is 17.7 Å². The van der Waals surface area contributed by atoms with Crippen LogP contribution in [0.25, 0.3) is 0 Å². The highest BCUT2D eigenvalue weighted by Crippen LogP contribution is 2.41. The minimum absolute atomic E-state index is 0.0269. The summed E-state index contributed by atoms with van der Waals surface area (Å²) in [7, 11) is 0. The molecule has 1 spiro atoms. The van der Waals surface area contributed by atoms with Crippen LogP contribution in [-0.4, -0.2) is 51.2 Å². The molecule has 3 heterocycles. The molecule has 2 aliphatic rings. The van der Waals surface area contributed by atoms with Crippen molar-refractivity contribution in [3.63, 3.8) is 0 Å². The number of nitrogens with zero attached hydrogens (tertiary/aromatic N) is 3. The number of ether oxygens (including phenoxy) is 1. The molecule has 2 saturated heterocycles. The van der Waals surface area contributed by atoms with Crippen LogP contribution < -0.4 is 0 Å². The van der Waals surface area contributed by atoms with E-state index in [9.17, 15) is 4.79 Å². The Hall–Kier alpha value is -1.14. The number of piperidine rings is 1. The van der Waals surface area contributed by atoms with Crippen molar-refractivity contribution in [1.29, 1.82) is 0 Å². The predicted octanol–water partition coefficient (Wildman–Crippen LogP) is 1.17. The normalized spacial score (nSPS) is 22.3. The van der Waals surface area contributed by atoms with Crippen molar-refractivity contribution in [1.82, 2.24) is 14.9 Å². The molecule has 2 fully saturated rings. The molecular weight excluding hydrogens is 250 g/mol. The molecule has 2 aliphatic heterocycles. The van der Waals surface area contributed by atoms with Gasteiger partial charge < -0.3 is 9.64 Å². The molecular formula is C12H15N3O2S. The third-order valence-corrected chi connectivity index (χ3v) is 4.83. The van der Waals surface area contributed by atoms with Crippen molar-refractivity contribution < 1.29 is 9.53 Å². The lowest BCUT2D eigenvalue weighted by Gasteiger charge is -2.37. The van der Waals surface area contributed by atoms with Crippen LogP contribution in [0.2, 0.25) is 0 Å². The molecule has 1 aromatic heterocycles. The maximum atomic E-state index is 12.2. The first-order valence-electron chi connectivity index (χ1n) is 6.12. The van der Waals surface area contributed by atoms with Crippen LogP contribution in [0, 0.1) is 0 Å². The van der Waals surface area contributed by atoms with E-state index in [2.05, 4.69) is 9.97 Å². The molecule has 0 unspecified atom stereocenters. The number of hydrogen-bond acceptors (Lipinski definition) is 5. The van der Waals surface area contributed by atoms with Crippen molar-refractivity contribution in [2.75, 3.05) is 25.4 Å². The molecule has 0 aromatic carbocycles. The fourth-order valence-corrected chi connectivity index (χ4v) is 3.58. The fraction of sp³-hybridized carbons (Fsp3) is 0.583. The van der Waals surface area contributed by atoms with E-state index in [1.54, 1.807) is 12.4 Å². The second kappa shape index (κ2) is 4.85. The number of rotatable bonds is 1. The van der Waals surface area contributed by atoms with E-state index in [-0.39, 0.29) is 10.8 Å². The molecule has 0 radical (unpaired) electrons. The topological polar surface area (TPSA) is 55.3 Å². The molecule has 6 heteroatoms. The van der Waals surface area contributed by atoms with Gasteiger partial charge in [0.25, 0.3) is 5.91 Å². The van der Waals surface area contributed by atoms with Crippen LogP contribution in [0.3, 0.4) is 0 Å². The minimum atomic E-state index is -0.0286. The van der Waals surface area contributed by atoms with E-state index in [4.69, 9.17) is 4.74 Å². The van der Waals surface area contributed by atoms with Gasteiger partial charge in [0.15, 0.2) is 0 Å². The van der Waals surface area contributed by atoms with E-state index in [1.807, 2.05) is 16.7 Å². The zero-order chi connectivity index (χ0) is 12.4. The quantitative estimate of drug-likeness (QED) is 0.763. The van der Waals surface area contributed by atoms with Gasteiger partial charge >= 0.3 is 0 Å². The van der Waals surface area contributed by atoms with Gasteiger partial charge in [-0.15, -0.1) is 11.8 Å². The SMILES string of the molecule is O=C(c1cnccn1)N1CCC2(CC1)OCCS2. The zero-order valence-electron chi connectivity index (χ0n) is 10.0. The number of carbonyl (C=O) groups is 1. The van der Waals surface area contributed by atoms with Gasteiger partial charge in [0.1, 0.15) is 10.6 Å². The number of hydrogen-bond donors (Lipinski definition) is 0. The Kier molecular flexibility index (Phi) is 3.22. The maximum absolute atomic E-state index is 12.2. The molecule has 0 N–H and O–H groups in total. The first-order chi connectivity index (χ1) is 8.79. The first kappa shape index (κ1) is 11.9. The van der Waals surface area contributed by atoms with Gasteiger partial charge in [0.05, 0.1) is 12.8 Å². The van der Waals surface area contributed by atoms with Crippen LogP contribution in [-0.2, 0) is 4.74 Å². The summed E-state index contributed by atoms with van der Waals surface area (Å²) in [4.78, 5) is 22.0. The molecule has 96 valence electrons. The standard InChI is InChI=1S/C12H15N3O2S/c16-11(10-9-13-3-4-14-10)15-5-1-12(2-6-15)17-7-8-18-12/h3-4,9H,1-2,5-8H2. The van der Waals surface area contributed by atoms with Crippen LogP contribution >= 0.6 is 11.8 Å². The average Bonchev–Trinajstić information content (AvgIpc) is 2.88. The van der Waals surface area contributed by atoms with Gasteiger partial charge in [-0.1, -0.05) is 0 Å². The highest BCUT2D eigenvalue weighted by molar-refractivity contribution is 8.00. The Morgan fingerprint density at radius 1 is 1.39 bits per heavy atom. The first-order valence-corrected chi connectivity index (χ1v) is 7.11. The molecule has 1 aromatic rings. The van der Waals surface area contributed by atoms with Gasteiger partial charge in [-0.2, -0.15) is 0 Å². The summed E-state index contributed by atoms with van der Waals surface area (Å²) in [5.74, 6) is 1.04. The Morgan fingerprint density at radius 3 is 2.83 bits per heavy atom. The Balaban J connectivity index is 1.64.